The largest absolute Gasteiger partial charge is 0.511 e. The third-order valence-corrected chi connectivity index (χ3v) is 19.5. The zero-order valence-electron chi connectivity index (χ0n) is 49.8. The molecule has 0 aromatic carbocycles. The van der Waals surface area contributed by atoms with Crippen molar-refractivity contribution in [2.45, 2.75) is 243 Å². The molecule has 0 radical (unpaired) electrons. The zero-order valence-corrected chi connectivity index (χ0v) is 49.8. The van der Waals surface area contributed by atoms with E-state index in [9.17, 15) is 39.6 Å². The molecule has 0 aromatic heterocycles. The number of allylic oxidation sites excluding steroid dienone is 3. The number of ketones is 1. The lowest BCUT2D eigenvalue weighted by Crippen LogP contribution is -2.66. The summed E-state index contributed by atoms with van der Waals surface area (Å²) in [5.41, 5.74) is 3.20. The standard InChI is InChI=1S/C61H88N2O20/c1-27-13-16-42(79-48-25-59(10,62)54(34(8)77-48)63-58(72)73-12)28(2)20-39-40(66)21-36(26-64)24-61(39)56(70)49(57(71)83-61)55(69)60(11)38(27)15-14-37-50(60)29(3)19-30(4)52(37)82-47-23-44(53(33(7)76-47)78-35(9)65)81-45-18-17-43(31(5)74-45)80-46-22-41(67)51(68)32(6)75-46/h13-15,20-21,26,29-34,37-48,50-54,66-69H,16-19,22-25,62H2,1-12H3,(H,63,72). The molecule has 462 valence electrons. The molecule has 6 fully saturated rings. The maximum absolute atomic E-state index is 15.5. The normalized spacial score (nSPS) is 46.7. The molecule has 5 aliphatic heterocycles. The van der Waals surface area contributed by atoms with Crippen molar-refractivity contribution >= 4 is 30.1 Å². The van der Waals surface area contributed by atoms with Crippen LogP contribution in [-0.2, 0) is 71.3 Å². The van der Waals surface area contributed by atoms with Gasteiger partial charge in [0.2, 0.25) is 5.78 Å². The summed E-state index contributed by atoms with van der Waals surface area (Å²) in [6, 6.07) is -0.633. The quantitative estimate of drug-likeness (QED) is 0.0513. The van der Waals surface area contributed by atoms with Crippen molar-refractivity contribution < 1.29 is 96.5 Å². The number of alkyl carbamates (subject to hydrolysis) is 1. The van der Waals surface area contributed by atoms with Crippen molar-refractivity contribution in [1.29, 1.82) is 0 Å². The highest BCUT2D eigenvalue weighted by Crippen LogP contribution is 2.61. The van der Waals surface area contributed by atoms with Gasteiger partial charge in [-0.3, -0.25) is 14.4 Å². The van der Waals surface area contributed by atoms with Gasteiger partial charge in [0.15, 0.2) is 36.9 Å². The summed E-state index contributed by atoms with van der Waals surface area (Å²) in [4.78, 5) is 67.6. The van der Waals surface area contributed by atoms with Crippen molar-refractivity contribution in [3.63, 3.8) is 0 Å². The number of nitrogens with one attached hydrogen (secondary N) is 1. The summed E-state index contributed by atoms with van der Waals surface area (Å²) in [5.74, 6) is -5.89. The summed E-state index contributed by atoms with van der Waals surface area (Å²) in [6.45, 7) is 20.0. The Bertz CT molecular complexity index is 2610. The van der Waals surface area contributed by atoms with E-state index in [1.807, 2.05) is 32.9 Å². The van der Waals surface area contributed by atoms with Crippen LogP contribution in [0.25, 0.3) is 0 Å². The highest BCUT2D eigenvalue weighted by molar-refractivity contribution is 6.26. The molecule has 1 saturated carbocycles. The van der Waals surface area contributed by atoms with E-state index in [4.69, 9.17) is 57.8 Å². The van der Waals surface area contributed by atoms with Gasteiger partial charge < -0.3 is 83.6 Å². The molecule has 83 heavy (non-hydrogen) atoms. The van der Waals surface area contributed by atoms with Gasteiger partial charge in [-0.2, -0.15) is 0 Å². The average Bonchev–Trinajstić information content (AvgIpc) is 1.88. The first-order valence-corrected chi connectivity index (χ1v) is 29.6. The first-order chi connectivity index (χ1) is 39.1. The van der Waals surface area contributed by atoms with Gasteiger partial charge in [-0.05, 0) is 103 Å². The minimum absolute atomic E-state index is 0.0492. The van der Waals surface area contributed by atoms with Gasteiger partial charge in [0.25, 0.3) is 0 Å². The summed E-state index contributed by atoms with van der Waals surface area (Å²) in [7, 11) is 1.26. The maximum atomic E-state index is 15.5. The van der Waals surface area contributed by atoms with Gasteiger partial charge in [0.05, 0.1) is 74.0 Å². The number of nitrogens with two attached hydrogens (primary N) is 1. The smallest absolute Gasteiger partial charge is 0.407 e. The van der Waals surface area contributed by atoms with E-state index in [1.165, 1.54) is 20.1 Å². The summed E-state index contributed by atoms with van der Waals surface area (Å²) in [5, 5.41) is 48.5. The molecule has 5 heterocycles. The summed E-state index contributed by atoms with van der Waals surface area (Å²) in [6.07, 6.45) is -1.57. The van der Waals surface area contributed by atoms with Crippen LogP contribution in [0.4, 0.5) is 4.79 Å². The predicted octanol–water partition coefficient (Wildman–Crippen LogP) is 5.13. The number of methoxy groups -OCH3 is 1. The highest BCUT2D eigenvalue weighted by Gasteiger charge is 2.65. The van der Waals surface area contributed by atoms with Crippen molar-refractivity contribution in [2.24, 2.45) is 46.7 Å². The van der Waals surface area contributed by atoms with Crippen LogP contribution in [0.3, 0.4) is 0 Å². The molecule has 26 atom stereocenters. The van der Waals surface area contributed by atoms with Crippen LogP contribution in [0.15, 0.2) is 58.4 Å². The molecular formula is C61H88N2O20. The molecule has 22 nitrogen and oxygen atoms in total. The molecule has 4 aliphatic carbocycles. The van der Waals surface area contributed by atoms with E-state index < -0.39 is 180 Å². The van der Waals surface area contributed by atoms with Gasteiger partial charge in [-0.25, -0.2) is 9.59 Å². The molecule has 1 amide bonds. The number of aldehydes is 1. The minimum Gasteiger partial charge on any atom is -0.511 e. The van der Waals surface area contributed by atoms with Crippen LogP contribution in [0.2, 0.25) is 0 Å². The van der Waals surface area contributed by atoms with Crippen LogP contribution >= 0.6 is 0 Å². The van der Waals surface area contributed by atoms with E-state index in [2.05, 4.69) is 25.2 Å². The molecule has 26 unspecified atom stereocenters. The zero-order chi connectivity index (χ0) is 60.4. The number of rotatable bonds is 11. The van der Waals surface area contributed by atoms with Crippen LogP contribution < -0.4 is 11.1 Å². The number of Topliss-reactive ketones (excluding diaryl/α,β-unsaturated/α-hetero) is 1. The monoisotopic (exact) mass is 1170 g/mol. The summed E-state index contributed by atoms with van der Waals surface area (Å²) >= 11 is 0. The number of hydrogen-bond donors (Lipinski definition) is 6. The number of carbonyl (C=O) groups excluding carboxylic acids is 5. The van der Waals surface area contributed by atoms with Gasteiger partial charge in [0, 0.05) is 61.8 Å². The number of esters is 2. The number of carbonyl (C=O) groups is 5. The van der Waals surface area contributed by atoms with Crippen LogP contribution in [0.1, 0.15) is 128 Å². The van der Waals surface area contributed by atoms with E-state index in [0.29, 0.717) is 31.1 Å². The third-order valence-electron chi connectivity index (χ3n) is 19.5. The molecule has 0 aromatic rings. The summed E-state index contributed by atoms with van der Waals surface area (Å²) < 4.78 is 69.0. The fourth-order valence-corrected chi connectivity index (χ4v) is 15.4. The second-order valence-electron chi connectivity index (χ2n) is 25.6. The van der Waals surface area contributed by atoms with Crippen LogP contribution in [-0.4, -0.2) is 173 Å². The first kappa shape index (κ1) is 63.1. The number of aliphatic hydroxyl groups excluding tert-OH is 4. The van der Waals surface area contributed by atoms with Gasteiger partial charge in [0.1, 0.15) is 29.8 Å². The second kappa shape index (κ2) is 24.7. The Morgan fingerprint density at radius 3 is 2.12 bits per heavy atom. The number of fused-ring (bicyclic) bond motifs is 4. The Balaban J connectivity index is 1.02. The molecule has 1 spiro atoms. The molecule has 7 N–H and O–H groups in total. The molecule has 22 heteroatoms. The number of hydrogen-bond acceptors (Lipinski definition) is 21. The second-order valence-corrected chi connectivity index (χ2v) is 25.6. The van der Waals surface area contributed by atoms with Crippen molar-refractivity contribution in [3.8, 4) is 0 Å². The third kappa shape index (κ3) is 12.3. The van der Waals surface area contributed by atoms with Crippen molar-refractivity contribution in [3.05, 3.63) is 58.4 Å². The highest BCUT2D eigenvalue weighted by atomic mass is 16.7. The number of ether oxygens (including phenoxy) is 11. The fraction of sp³-hybridized carbons (Fsp3) is 0.754. The SMILES string of the molecule is COC(=O)NC1C(C)OC(OC2CC=C(C)C3C=CC4C(OC5CC(OC6CCC(OC7CC(O)C(O)C(C)O7)C(C)O6)C(OC(C)=O)C(C)O5)C(C)CC(C)C4C3(C)C(O)=C3C(=O)OC4(CC(C=O)=CC(O)C4C=C2C)C3=O)CC1(C)N. The Morgan fingerprint density at radius 1 is 0.783 bits per heavy atom. The Hall–Kier alpha value is -4.43. The molecular weight excluding hydrogens is 1080 g/mol. The topological polar surface area (TPSA) is 306 Å². The Morgan fingerprint density at radius 2 is 1.46 bits per heavy atom. The van der Waals surface area contributed by atoms with Crippen LogP contribution in [0, 0.1) is 40.9 Å². The minimum atomic E-state index is -2.12. The molecule has 5 saturated heterocycles. The van der Waals surface area contributed by atoms with E-state index in [1.54, 1.807) is 40.7 Å². The predicted molar refractivity (Wildman–Crippen MR) is 294 cm³/mol. The first-order valence-electron chi connectivity index (χ1n) is 29.6. The molecule has 9 rings (SSSR count). The lowest BCUT2D eigenvalue weighted by Gasteiger charge is -2.56. The molecule has 2 bridgehead atoms. The van der Waals surface area contributed by atoms with E-state index in [0.717, 1.165) is 5.57 Å². The molecule has 9 aliphatic rings. The van der Waals surface area contributed by atoms with Crippen molar-refractivity contribution in [1.82, 2.24) is 5.32 Å². The fourth-order valence-electron chi connectivity index (χ4n) is 15.4. The van der Waals surface area contributed by atoms with Crippen LogP contribution in [0.5, 0.6) is 0 Å². The average molecular weight is 1170 g/mol. The lowest BCUT2D eigenvalue weighted by atomic mass is 9.49. The van der Waals surface area contributed by atoms with Gasteiger partial charge in [-0.15, -0.1) is 0 Å². The van der Waals surface area contributed by atoms with E-state index in [-0.39, 0.29) is 49.5 Å². The number of aliphatic hydroxyl groups is 4. The van der Waals surface area contributed by atoms with Crippen molar-refractivity contribution in [2.75, 3.05) is 7.11 Å². The Labute approximate surface area is 485 Å². The maximum Gasteiger partial charge on any atom is 0.407 e. The number of amides is 1. The lowest BCUT2D eigenvalue weighted by molar-refractivity contribution is -0.323. The Kier molecular flexibility index (Phi) is 18.8. The van der Waals surface area contributed by atoms with E-state index >= 15 is 4.79 Å². The van der Waals surface area contributed by atoms with Gasteiger partial charge in [-0.1, -0.05) is 50.6 Å². The van der Waals surface area contributed by atoms with Gasteiger partial charge >= 0.3 is 18.0 Å².